The summed E-state index contributed by atoms with van der Waals surface area (Å²) < 4.78 is 0. The van der Waals surface area contributed by atoms with Gasteiger partial charge in [-0.15, -0.1) is 0 Å². The molecule has 1 aliphatic rings. The molecule has 116 valence electrons. The predicted octanol–water partition coefficient (Wildman–Crippen LogP) is 2.69. The number of carbonyl (C=O) groups excluding carboxylic acids is 1. The summed E-state index contributed by atoms with van der Waals surface area (Å²) in [7, 11) is 3.82. The Morgan fingerprint density at radius 2 is 2.19 bits per heavy atom. The Kier molecular flexibility index (Phi) is 5.31. The van der Waals surface area contributed by atoms with Crippen molar-refractivity contribution in [1.29, 1.82) is 0 Å². The second-order valence-corrected chi connectivity index (χ2v) is 6.07. The van der Waals surface area contributed by atoms with Gasteiger partial charge in [0.2, 0.25) is 0 Å². The highest BCUT2D eigenvalue weighted by molar-refractivity contribution is 6.31. The summed E-state index contributed by atoms with van der Waals surface area (Å²) in [5.74, 6) is 0.156. The van der Waals surface area contributed by atoms with Crippen LogP contribution in [0.4, 0.5) is 16.2 Å². The number of benzene rings is 1. The van der Waals surface area contributed by atoms with Gasteiger partial charge in [0, 0.05) is 37.7 Å². The third-order valence-electron chi connectivity index (χ3n) is 3.90. The van der Waals surface area contributed by atoms with Crippen molar-refractivity contribution in [3.8, 4) is 0 Å². The molecule has 1 aliphatic carbocycles. The number of hydrogen-bond acceptors (Lipinski definition) is 3. The van der Waals surface area contributed by atoms with Crippen LogP contribution in [0.5, 0.6) is 0 Å². The molecule has 5 nitrogen and oxygen atoms in total. The number of aliphatic hydroxyl groups is 1. The molecule has 0 heterocycles. The van der Waals surface area contributed by atoms with Crippen molar-refractivity contribution < 1.29 is 9.90 Å². The highest BCUT2D eigenvalue weighted by Gasteiger charge is 2.28. The van der Waals surface area contributed by atoms with E-state index >= 15 is 0 Å². The molecule has 2 unspecified atom stereocenters. The number of urea groups is 1. The van der Waals surface area contributed by atoms with Crippen LogP contribution in [-0.4, -0.2) is 37.9 Å². The maximum Gasteiger partial charge on any atom is 0.319 e. The van der Waals surface area contributed by atoms with Crippen LogP contribution in [0.2, 0.25) is 5.02 Å². The number of nitrogens with zero attached hydrogens (tertiary/aromatic N) is 1. The maximum absolute atomic E-state index is 12.2. The molecule has 1 fully saturated rings. The van der Waals surface area contributed by atoms with E-state index in [0.29, 0.717) is 10.7 Å². The summed E-state index contributed by atoms with van der Waals surface area (Å²) in [6.45, 7) is 0.116. The van der Waals surface area contributed by atoms with Gasteiger partial charge in [-0.2, -0.15) is 0 Å². The molecule has 0 aliphatic heterocycles. The van der Waals surface area contributed by atoms with E-state index in [1.54, 1.807) is 12.1 Å². The topological polar surface area (TPSA) is 64.6 Å². The van der Waals surface area contributed by atoms with E-state index in [1.807, 2.05) is 25.1 Å². The van der Waals surface area contributed by atoms with E-state index in [0.717, 1.165) is 24.9 Å². The molecule has 6 heteroatoms. The van der Waals surface area contributed by atoms with Gasteiger partial charge in [-0.25, -0.2) is 4.79 Å². The molecule has 0 aromatic heterocycles. The van der Waals surface area contributed by atoms with E-state index in [-0.39, 0.29) is 24.6 Å². The van der Waals surface area contributed by atoms with Crippen molar-refractivity contribution in [2.75, 3.05) is 30.9 Å². The standard InChI is InChI=1S/C15H22ClN3O2/c1-19(2)14-7-6-11(16)8-13(14)18-15(21)17-12-5-3-4-10(12)9-20/h6-8,10,12,20H,3-5,9H2,1-2H3,(H2,17,18,21). The zero-order valence-electron chi connectivity index (χ0n) is 12.4. The number of hydrogen-bond donors (Lipinski definition) is 3. The zero-order valence-corrected chi connectivity index (χ0v) is 13.2. The molecule has 2 amide bonds. The number of nitrogens with one attached hydrogen (secondary N) is 2. The first-order valence-corrected chi connectivity index (χ1v) is 7.54. The Morgan fingerprint density at radius 3 is 2.86 bits per heavy atom. The van der Waals surface area contributed by atoms with Gasteiger partial charge in [-0.05, 0) is 31.0 Å². The van der Waals surface area contributed by atoms with Gasteiger partial charge in [0.15, 0.2) is 0 Å². The Hall–Kier alpha value is -1.46. The molecular weight excluding hydrogens is 290 g/mol. The highest BCUT2D eigenvalue weighted by atomic mass is 35.5. The van der Waals surface area contributed by atoms with E-state index < -0.39 is 0 Å². The van der Waals surface area contributed by atoms with Crippen molar-refractivity contribution in [2.45, 2.75) is 25.3 Å². The Balaban J connectivity index is 2.04. The van der Waals surface area contributed by atoms with Gasteiger partial charge in [-0.3, -0.25) is 0 Å². The van der Waals surface area contributed by atoms with Gasteiger partial charge in [-0.1, -0.05) is 18.0 Å². The SMILES string of the molecule is CN(C)c1ccc(Cl)cc1NC(=O)NC1CCCC1CO. The van der Waals surface area contributed by atoms with E-state index in [9.17, 15) is 9.90 Å². The van der Waals surface area contributed by atoms with Crippen molar-refractivity contribution >= 4 is 29.0 Å². The quantitative estimate of drug-likeness (QED) is 0.801. The van der Waals surface area contributed by atoms with Crippen LogP contribution in [0.1, 0.15) is 19.3 Å². The largest absolute Gasteiger partial charge is 0.396 e. The van der Waals surface area contributed by atoms with Crippen LogP contribution < -0.4 is 15.5 Å². The van der Waals surface area contributed by atoms with Crippen molar-refractivity contribution in [3.05, 3.63) is 23.2 Å². The van der Waals surface area contributed by atoms with Crippen LogP contribution in [0.25, 0.3) is 0 Å². The van der Waals surface area contributed by atoms with Crippen LogP contribution in [0.15, 0.2) is 18.2 Å². The first-order chi connectivity index (χ1) is 10.0. The Bertz CT molecular complexity index is 508. The molecule has 0 radical (unpaired) electrons. The minimum Gasteiger partial charge on any atom is -0.396 e. The van der Waals surface area contributed by atoms with Crippen LogP contribution in [0.3, 0.4) is 0 Å². The molecular formula is C15H22ClN3O2. The number of anilines is 2. The lowest BCUT2D eigenvalue weighted by molar-refractivity contribution is 0.203. The Labute approximate surface area is 130 Å². The lowest BCUT2D eigenvalue weighted by Crippen LogP contribution is -2.41. The van der Waals surface area contributed by atoms with Crippen molar-refractivity contribution in [1.82, 2.24) is 5.32 Å². The highest BCUT2D eigenvalue weighted by Crippen LogP contribution is 2.28. The molecule has 0 bridgehead atoms. The molecule has 0 saturated heterocycles. The summed E-state index contributed by atoms with van der Waals surface area (Å²) in [5.41, 5.74) is 1.56. The van der Waals surface area contributed by atoms with Gasteiger partial charge >= 0.3 is 6.03 Å². The molecule has 1 saturated carbocycles. The minimum atomic E-state index is -0.259. The minimum absolute atomic E-state index is 0.0389. The van der Waals surface area contributed by atoms with Crippen LogP contribution in [0, 0.1) is 5.92 Å². The fraction of sp³-hybridized carbons (Fsp3) is 0.533. The van der Waals surface area contributed by atoms with E-state index in [4.69, 9.17) is 11.6 Å². The molecule has 3 N–H and O–H groups in total. The summed E-state index contributed by atoms with van der Waals surface area (Å²) in [5, 5.41) is 15.7. The van der Waals surface area contributed by atoms with Gasteiger partial charge in [0.25, 0.3) is 0 Å². The van der Waals surface area contributed by atoms with Gasteiger partial charge < -0.3 is 20.6 Å². The summed E-state index contributed by atoms with van der Waals surface area (Å²) in [6, 6.07) is 5.17. The number of rotatable bonds is 4. The first-order valence-electron chi connectivity index (χ1n) is 7.16. The second kappa shape index (κ2) is 7.00. The lowest BCUT2D eigenvalue weighted by atomic mass is 10.1. The van der Waals surface area contributed by atoms with Crippen molar-refractivity contribution in [2.24, 2.45) is 5.92 Å². The molecule has 1 aromatic carbocycles. The number of aliphatic hydroxyl groups excluding tert-OH is 1. The maximum atomic E-state index is 12.2. The fourth-order valence-corrected chi connectivity index (χ4v) is 2.94. The van der Waals surface area contributed by atoms with Crippen molar-refractivity contribution in [3.63, 3.8) is 0 Å². The average molecular weight is 312 g/mol. The third-order valence-corrected chi connectivity index (χ3v) is 4.13. The smallest absolute Gasteiger partial charge is 0.319 e. The third kappa shape index (κ3) is 4.02. The van der Waals surface area contributed by atoms with Crippen LogP contribution in [-0.2, 0) is 0 Å². The van der Waals surface area contributed by atoms with E-state index in [1.165, 1.54) is 0 Å². The number of carbonyl (C=O) groups is 1. The van der Waals surface area contributed by atoms with E-state index in [2.05, 4.69) is 10.6 Å². The lowest BCUT2D eigenvalue weighted by Gasteiger charge is -2.22. The fourth-order valence-electron chi connectivity index (χ4n) is 2.77. The van der Waals surface area contributed by atoms with Gasteiger partial charge in [0.05, 0.1) is 11.4 Å². The number of amides is 2. The molecule has 1 aromatic rings. The van der Waals surface area contributed by atoms with Gasteiger partial charge in [0.1, 0.15) is 0 Å². The Morgan fingerprint density at radius 1 is 1.43 bits per heavy atom. The summed E-state index contributed by atoms with van der Waals surface area (Å²) in [4.78, 5) is 14.1. The first kappa shape index (κ1) is 15.9. The van der Waals surface area contributed by atoms with Crippen LogP contribution >= 0.6 is 11.6 Å². The summed E-state index contributed by atoms with van der Waals surface area (Å²) in [6.07, 6.45) is 2.91. The molecule has 0 spiro atoms. The zero-order chi connectivity index (χ0) is 15.4. The molecule has 2 atom stereocenters. The molecule has 2 rings (SSSR count). The monoisotopic (exact) mass is 311 g/mol. The number of halogens is 1. The predicted molar refractivity (Wildman–Crippen MR) is 86.1 cm³/mol. The molecule has 21 heavy (non-hydrogen) atoms. The average Bonchev–Trinajstić information content (AvgIpc) is 2.85. The summed E-state index contributed by atoms with van der Waals surface area (Å²) >= 11 is 6.00. The normalized spacial score (nSPS) is 21.1. The second-order valence-electron chi connectivity index (χ2n) is 5.63.